The number of nitrogens with zero attached hydrogens (tertiary/aromatic N) is 3. The van der Waals surface area contributed by atoms with Crippen molar-refractivity contribution in [3.8, 4) is 0 Å². The highest BCUT2D eigenvalue weighted by Gasteiger charge is 2.33. The molecule has 6 nitrogen and oxygen atoms in total. The molecule has 2 saturated heterocycles. The number of rotatable bonds is 5. The van der Waals surface area contributed by atoms with E-state index in [1.165, 1.54) is 11.1 Å². The second kappa shape index (κ2) is 7.93. The molecule has 2 aromatic heterocycles. The Hall–Kier alpha value is -1.77. The van der Waals surface area contributed by atoms with Crippen LogP contribution in [0.15, 0.2) is 40.1 Å². The van der Waals surface area contributed by atoms with Gasteiger partial charge in [0, 0.05) is 62.5 Å². The van der Waals surface area contributed by atoms with Crippen molar-refractivity contribution in [3.63, 3.8) is 0 Å². The fourth-order valence-corrected chi connectivity index (χ4v) is 4.94. The Kier molecular flexibility index (Phi) is 5.17. The van der Waals surface area contributed by atoms with Crippen molar-refractivity contribution in [2.24, 2.45) is 5.92 Å². The Morgan fingerprint density at radius 2 is 2.00 bits per heavy atom. The van der Waals surface area contributed by atoms with Gasteiger partial charge in [-0.15, -0.1) is 11.3 Å². The molecule has 28 heavy (non-hydrogen) atoms. The number of piperazine rings is 1. The zero-order valence-corrected chi connectivity index (χ0v) is 17.0. The predicted molar refractivity (Wildman–Crippen MR) is 112 cm³/mol. The van der Waals surface area contributed by atoms with E-state index >= 15 is 0 Å². The first-order chi connectivity index (χ1) is 13.7. The van der Waals surface area contributed by atoms with E-state index in [0.29, 0.717) is 5.92 Å². The minimum Gasteiger partial charge on any atom is -0.459 e. The smallest absolute Gasteiger partial charge is 0.134 e. The Bertz CT molecular complexity index is 897. The molecule has 2 N–H and O–H groups in total. The van der Waals surface area contributed by atoms with E-state index in [1.807, 2.05) is 12.1 Å². The van der Waals surface area contributed by atoms with Crippen LogP contribution in [0.5, 0.6) is 0 Å². The van der Waals surface area contributed by atoms with Crippen molar-refractivity contribution >= 4 is 22.3 Å². The molecule has 7 heteroatoms. The van der Waals surface area contributed by atoms with Crippen LogP contribution >= 0.6 is 11.3 Å². The SMILES string of the molecule is Cc1nc(CN2CCN(CC3CNNC3c3cc4ccccc4o3)CC2)cs1. The molecule has 2 aliphatic rings. The quantitative estimate of drug-likeness (QED) is 0.691. The van der Waals surface area contributed by atoms with Gasteiger partial charge in [-0.3, -0.25) is 10.3 Å². The van der Waals surface area contributed by atoms with Gasteiger partial charge in [0.2, 0.25) is 0 Å². The van der Waals surface area contributed by atoms with Crippen molar-refractivity contribution < 1.29 is 4.42 Å². The first-order valence-electron chi connectivity index (χ1n) is 10.1. The Labute approximate surface area is 169 Å². The number of nitrogens with one attached hydrogen (secondary N) is 2. The number of para-hydroxylation sites is 1. The van der Waals surface area contributed by atoms with Gasteiger partial charge in [-0.1, -0.05) is 18.2 Å². The lowest BCUT2D eigenvalue weighted by Gasteiger charge is -2.36. The third-order valence-corrected chi connectivity index (χ3v) is 6.68. The van der Waals surface area contributed by atoms with E-state index < -0.39 is 0 Å². The molecule has 1 aromatic carbocycles. The maximum absolute atomic E-state index is 6.12. The van der Waals surface area contributed by atoms with E-state index in [0.717, 1.165) is 62.2 Å². The summed E-state index contributed by atoms with van der Waals surface area (Å²) < 4.78 is 6.12. The van der Waals surface area contributed by atoms with Crippen LogP contribution < -0.4 is 10.9 Å². The van der Waals surface area contributed by atoms with Crippen molar-refractivity contribution in [2.45, 2.75) is 19.5 Å². The lowest BCUT2D eigenvalue weighted by molar-refractivity contribution is 0.110. The molecule has 0 amide bonds. The zero-order chi connectivity index (χ0) is 18.9. The number of fused-ring (bicyclic) bond motifs is 1. The molecule has 2 aliphatic heterocycles. The van der Waals surface area contributed by atoms with Gasteiger partial charge in [-0.2, -0.15) is 0 Å². The van der Waals surface area contributed by atoms with Crippen LogP contribution in [0.25, 0.3) is 11.0 Å². The first kappa shape index (κ1) is 18.3. The second-order valence-electron chi connectivity index (χ2n) is 7.88. The molecule has 3 aromatic rings. The normalized spacial score (nSPS) is 24.3. The van der Waals surface area contributed by atoms with Gasteiger partial charge in [-0.25, -0.2) is 10.4 Å². The molecular formula is C21H27N5OS. The zero-order valence-electron chi connectivity index (χ0n) is 16.2. The monoisotopic (exact) mass is 397 g/mol. The van der Waals surface area contributed by atoms with Gasteiger partial charge in [-0.05, 0) is 19.1 Å². The molecule has 0 radical (unpaired) electrons. The van der Waals surface area contributed by atoms with Gasteiger partial charge in [0.05, 0.1) is 16.7 Å². The molecule has 0 spiro atoms. The standard InChI is InChI=1S/C21H27N5OS/c1-15-23-18(14-28-15)13-26-8-6-25(7-9-26)12-17-11-22-24-21(17)20-10-16-4-2-3-5-19(16)27-20/h2-5,10,14,17,21-22,24H,6-9,11-13H2,1H3. The van der Waals surface area contributed by atoms with Crippen molar-refractivity contribution in [3.05, 3.63) is 52.2 Å². The molecule has 148 valence electrons. The topological polar surface area (TPSA) is 56.6 Å². The van der Waals surface area contributed by atoms with Crippen LogP contribution in [-0.2, 0) is 6.54 Å². The van der Waals surface area contributed by atoms with Gasteiger partial charge in [0.15, 0.2) is 0 Å². The molecule has 0 aliphatic carbocycles. The highest BCUT2D eigenvalue weighted by molar-refractivity contribution is 7.09. The summed E-state index contributed by atoms with van der Waals surface area (Å²) in [5.41, 5.74) is 8.96. The van der Waals surface area contributed by atoms with Gasteiger partial charge in [0.25, 0.3) is 0 Å². The Morgan fingerprint density at radius 3 is 2.79 bits per heavy atom. The van der Waals surface area contributed by atoms with E-state index in [9.17, 15) is 0 Å². The summed E-state index contributed by atoms with van der Waals surface area (Å²) >= 11 is 1.74. The number of hydrazine groups is 1. The summed E-state index contributed by atoms with van der Waals surface area (Å²) in [5, 5.41) is 4.53. The Balaban J connectivity index is 1.18. The van der Waals surface area contributed by atoms with E-state index in [1.54, 1.807) is 11.3 Å². The minimum atomic E-state index is 0.225. The number of aryl methyl sites for hydroxylation is 1. The summed E-state index contributed by atoms with van der Waals surface area (Å²) in [6.45, 7) is 9.57. The molecule has 0 bridgehead atoms. The van der Waals surface area contributed by atoms with Gasteiger partial charge in [0.1, 0.15) is 11.3 Å². The third kappa shape index (κ3) is 3.86. The number of thiazole rings is 1. The van der Waals surface area contributed by atoms with Gasteiger partial charge < -0.3 is 9.32 Å². The van der Waals surface area contributed by atoms with Crippen LogP contribution in [0.3, 0.4) is 0 Å². The van der Waals surface area contributed by atoms with Gasteiger partial charge >= 0.3 is 0 Å². The highest BCUT2D eigenvalue weighted by Crippen LogP contribution is 2.30. The van der Waals surface area contributed by atoms with Crippen molar-refractivity contribution in [1.82, 2.24) is 25.6 Å². The van der Waals surface area contributed by atoms with Crippen LogP contribution in [0.2, 0.25) is 0 Å². The van der Waals surface area contributed by atoms with E-state index in [4.69, 9.17) is 4.42 Å². The average Bonchev–Trinajstić information content (AvgIpc) is 3.42. The molecule has 0 saturated carbocycles. The molecular weight excluding hydrogens is 370 g/mol. The largest absolute Gasteiger partial charge is 0.459 e. The third-order valence-electron chi connectivity index (χ3n) is 5.85. The van der Waals surface area contributed by atoms with E-state index in [-0.39, 0.29) is 6.04 Å². The van der Waals surface area contributed by atoms with Crippen molar-refractivity contribution in [2.75, 3.05) is 39.3 Å². The maximum atomic E-state index is 6.12. The molecule has 5 rings (SSSR count). The number of aromatic nitrogens is 1. The Morgan fingerprint density at radius 1 is 1.18 bits per heavy atom. The molecule has 4 heterocycles. The predicted octanol–water partition coefficient (Wildman–Crippen LogP) is 2.78. The molecule has 2 atom stereocenters. The number of furan rings is 1. The second-order valence-corrected chi connectivity index (χ2v) is 8.95. The summed E-state index contributed by atoms with van der Waals surface area (Å²) in [6, 6.07) is 10.7. The average molecular weight is 398 g/mol. The fourth-order valence-electron chi connectivity index (χ4n) is 4.34. The van der Waals surface area contributed by atoms with Crippen molar-refractivity contribution in [1.29, 1.82) is 0 Å². The molecule has 2 fully saturated rings. The van der Waals surface area contributed by atoms with Crippen LogP contribution in [0.1, 0.15) is 22.5 Å². The number of hydrogen-bond donors (Lipinski definition) is 2. The minimum absolute atomic E-state index is 0.225. The first-order valence-corrected chi connectivity index (χ1v) is 10.9. The maximum Gasteiger partial charge on any atom is 0.134 e. The van der Waals surface area contributed by atoms with Crippen LogP contribution in [0.4, 0.5) is 0 Å². The van der Waals surface area contributed by atoms with Crippen LogP contribution in [-0.4, -0.2) is 54.1 Å². The highest BCUT2D eigenvalue weighted by atomic mass is 32.1. The summed E-state index contributed by atoms with van der Waals surface area (Å²) in [5.74, 6) is 1.54. The molecule has 2 unspecified atom stereocenters. The summed E-state index contributed by atoms with van der Waals surface area (Å²) in [7, 11) is 0. The van der Waals surface area contributed by atoms with Crippen LogP contribution in [0, 0.1) is 12.8 Å². The fraction of sp³-hybridized carbons (Fsp3) is 0.476. The lowest BCUT2D eigenvalue weighted by Crippen LogP contribution is -2.48. The van der Waals surface area contributed by atoms with E-state index in [2.05, 4.69) is 56.1 Å². The summed E-state index contributed by atoms with van der Waals surface area (Å²) in [6.07, 6.45) is 0. The number of hydrogen-bond acceptors (Lipinski definition) is 7. The number of benzene rings is 1. The lowest BCUT2D eigenvalue weighted by atomic mass is 9.98. The summed E-state index contributed by atoms with van der Waals surface area (Å²) in [4.78, 5) is 9.72.